The topological polar surface area (TPSA) is 30.7 Å². The Morgan fingerprint density at radius 2 is 2.00 bits per heavy atom. The van der Waals surface area contributed by atoms with Crippen LogP contribution in [0.4, 0.5) is 13.2 Å². The van der Waals surface area contributed by atoms with Crippen LogP contribution in [0, 0.1) is 0 Å². The molecule has 1 aromatic carbocycles. The van der Waals surface area contributed by atoms with Crippen molar-refractivity contribution in [3.05, 3.63) is 47.5 Å². The third-order valence-corrected chi connectivity index (χ3v) is 3.62. The lowest BCUT2D eigenvalue weighted by Crippen LogP contribution is -2.16. The van der Waals surface area contributed by atoms with E-state index in [0.717, 1.165) is 5.56 Å². The molecule has 1 aliphatic heterocycles. The number of rotatable bonds is 3. The fourth-order valence-electron chi connectivity index (χ4n) is 2.45. The summed E-state index contributed by atoms with van der Waals surface area (Å²) in [5.41, 5.74) is 0.852. The third-order valence-electron chi connectivity index (χ3n) is 3.62. The maximum Gasteiger partial charge on any atom is 0.308 e. The van der Waals surface area contributed by atoms with Gasteiger partial charge in [-0.2, -0.15) is 8.78 Å². The van der Waals surface area contributed by atoms with Crippen LogP contribution in [0.3, 0.4) is 0 Å². The molecular weight excluding hydrogens is 267 g/mol. The maximum absolute atomic E-state index is 14.0. The predicted molar refractivity (Wildman–Crippen MR) is 67.3 cm³/mol. The monoisotopic (exact) mass is 281 g/mol. The zero-order chi connectivity index (χ0) is 14.3. The van der Waals surface area contributed by atoms with Crippen LogP contribution in [0.25, 0.3) is 0 Å². The van der Waals surface area contributed by atoms with Crippen molar-refractivity contribution in [1.82, 2.24) is 14.8 Å². The number of nitrogens with zero attached hydrogens (tertiary/aromatic N) is 3. The number of benzene rings is 1. The molecule has 106 valence electrons. The normalized spacial score (nSPS) is 22.0. The summed E-state index contributed by atoms with van der Waals surface area (Å²) in [5, 5.41) is 3.86. The van der Waals surface area contributed by atoms with Crippen LogP contribution >= 0.6 is 0 Å². The number of fused-ring (bicyclic) bond motifs is 1. The number of halogens is 3. The first kappa shape index (κ1) is 13.1. The summed E-state index contributed by atoms with van der Waals surface area (Å²) >= 11 is 0. The number of hydrogen-bond acceptors (Lipinski definition) is 2. The molecule has 0 amide bonds. The number of hydrogen-bond donors (Lipinski definition) is 0. The van der Waals surface area contributed by atoms with E-state index in [4.69, 9.17) is 0 Å². The zero-order valence-corrected chi connectivity index (χ0v) is 10.9. The highest BCUT2D eigenvalue weighted by Crippen LogP contribution is 2.41. The second-order valence-electron chi connectivity index (χ2n) is 4.93. The van der Waals surface area contributed by atoms with Gasteiger partial charge in [-0.05, 0) is 5.56 Å². The van der Waals surface area contributed by atoms with Gasteiger partial charge >= 0.3 is 5.92 Å². The van der Waals surface area contributed by atoms with Crippen LogP contribution < -0.4 is 0 Å². The molecule has 3 rings (SSSR count). The smallest absolute Gasteiger partial charge is 0.239 e. The van der Waals surface area contributed by atoms with Crippen LogP contribution in [0.2, 0.25) is 0 Å². The maximum atomic E-state index is 14.0. The van der Waals surface area contributed by atoms with E-state index in [0.29, 0.717) is 0 Å². The van der Waals surface area contributed by atoms with Crippen molar-refractivity contribution in [2.45, 2.75) is 37.9 Å². The van der Waals surface area contributed by atoms with Crippen molar-refractivity contribution < 1.29 is 13.2 Å². The Balaban J connectivity index is 2.02. The van der Waals surface area contributed by atoms with Crippen LogP contribution in [0.15, 0.2) is 30.3 Å². The van der Waals surface area contributed by atoms with E-state index in [-0.39, 0.29) is 18.3 Å². The van der Waals surface area contributed by atoms with Gasteiger partial charge < -0.3 is 0 Å². The molecule has 0 aliphatic carbocycles. The second kappa shape index (κ2) is 4.61. The molecule has 0 bridgehead atoms. The van der Waals surface area contributed by atoms with Crippen molar-refractivity contribution in [3.8, 4) is 0 Å². The van der Waals surface area contributed by atoms with E-state index in [1.54, 1.807) is 0 Å². The first-order valence-electron chi connectivity index (χ1n) is 6.56. The van der Waals surface area contributed by atoms with Gasteiger partial charge in [-0.15, -0.1) is 5.10 Å². The molecule has 1 aromatic heterocycles. The minimum Gasteiger partial charge on any atom is -0.239 e. The van der Waals surface area contributed by atoms with Crippen molar-refractivity contribution in [1.29, 1.82) is 0 Å². The molecule has 2 aromatic rings. The quantitative estimate of drug-likeness (QED) is 0.857. The Morgan fingerprint density at radius 3 is 2.65 bits per heavy atom. The lowest BCUT2D eigenvalue weighted by atomic mass is 10.0. The Hall–Kier alpha value is -1.85. The van der Waals surface area contributed by atoms with E-state index in [1.807, 2.05) is 30.3 Å². The molecule has 0 spiro atoms. The second-order valence-corrected chi connectivity index (χ2v) is 4.93. The Labute approximate surface area is 114 Å². The molecule has 0 fully saturated rings. The van der Waals surface area contributed by atoms with Crippen molar-refractivity contribution in [2.75, 3.05) is 0 Å². The highest BCUT2D eigenvalue weighted by molar-refractivity contribution is 5.23. The van der Waals surface area contributed by atoms with E-state index in [2.05, 4.69) is 10.1 Å². The van der Waals surface area contributed by atoms with E-state index >= 15 is 0 Å². The van der Waals surface area contributed by atoms with Crippen LogP contribution in [0.5, 0.6) is 0 Å². The summed E-state index contributed by atoms with van der Waals surface area (Å²) in [6.45, 7) is 1.35. The summed E-state index contributed by atoms with van der Waals surface area (Å²) in [6, 6.07) is 8.83. The van der Waals surface area contributed by atoms with Gasteiger partial charge in [0.15, 0.2) is 12.0 Å². The van der Waals surface area contributed by atoms with Gasteiger partial charge in [-0.3, -0.25) is 0 Å². The summed E-state index contributed by atoms with van der Waals surface area (Å²) in [4.78, 5) is 3.72. The Morgan fingerprint density at radius 1 is 1.30 bits per heavy atom. The molecule has 20 heavy (non-hydrogen) atoms. The highest BCUT2D eigenvalue weighted by atomic mass is 19.3. The third kappa shape index (κ3) is 1.99. The molecule has 1 aliphatic rings. The standard InChI is InChI=1S/C14H14F3N3/c1-2-14(16,17)13-18-12-10(15)8-11(20(12)19-13)9-6-4-3-5-7-9/h3-7,10-11H,2,8H2,1H3/t10-,11-/m0/s1. The average molecular weight is 281 g/mol. The van der Waals surface area contributed by atoms with Crippen LogP contribution in [-0.2, 0) is 5.92 Å². The van der Waals surface area contributed by atoms with E-state index < -0.39 is 24.3 Å². The first-order chi connectivity index (χ1) is 9.53. The molecule has 0 radical (unpaired) electrons. The molecule has 0 saturated heterocycles. The number of aromatic nitrogens is 3. The number of alkyl halides is 3. The van der Waals surface area contributed by atoms with Gasteiger partial charge in [0.1, 0.15) is 0 Å². The summed E-state index contributed by atoms with van der Waals surface area (Å²) in [6.07, 6.45) is -1.56. The van der Waals surface area contributed by atoms with E-state index in [1.165, 1.54) is 11.6 Å². The molecule has 0 N–H and O–H groups in total. The van der Waals surface area contributed by atoms with Crippen LogP contribution in [-0.4, -0.2) is 14.8 Å². The van der Waals surface area contributed by atoms with Crippen molar-refractivity contribution in [3.63, 3.8) is 0 Å². The molecule has 6 heteroatoms. The van der Waals surface area contributed by atoms with Gasteiger partial charge in [0.2, 0.25) is 5.82 Å². The van der Waals surface area contributed by atoms with Gasteiger partial charge in [0, 0.05) is 12.8 Å². The Kier molecular flexibility index (Phi) is 3.03. The molecular formula is C14H14F3N3. The minimum atomic E-state index is -3.11. The molecule has 3 nitrogen and oxygen atoms in total. The van der Waals surface area contributed by atoms with Crippen molar-refractivity contribution >= 4 is 0 Å². The van der Waals surface area contributed by atoms with Crippen LogP contribution in [0.1, 0.15) is 49.2 Å². The first-order valence-corrected chi connectivity index (χ1v) is 6.56. The van der Waals surface area contributed by atoms with Gasteiger partial charge in [-0.25, -0.2) is 14.1 Å². The van der Waals surface area contributed by atoms with Crippen molar-refractivity contribution in [2.24, 2.45) is 0 Å². The largest absolute Gasteiger partial charge is 0.308 e. The zero-order valence-electron chi connectivity index (χ0n) is 10.9. The lowest BCUT2D eigenvalue weighted by molar-refractivity contribution is -0.0180. The fourth-order valence-corrected chi connectivity index (χ4v) is 2.45. The minimum absolute atomic E-state index is 0.00183. The summed E-state index contributed by atoms with van der Waals surface area (Å²) in [7, 11) is 0. The van der Waals surface area contributed by atoms with Gasteiger partial charge in [-0.1, -0.05) is 37.3 Å². The van der Waals surface area contributed by atoms with E-state index in [9.17, 15) is 13.2 Å². The predicted octanol–water partition coefficient (Wildman–Crippen LogP) is 3.78. The average Bonchev–Trinajstić information content (AvgIpc) is 3.01. The van der Waals surface area contributed by atoms with Gasteiger partial charge in [0.25, 0.3) is 0 Å². The SMILES string of the molecule is CCC(F)(F)c1nc2n(n1)[C@H](c1ccccc1)C[C@@H]2F. The Bertz CT molecular complexity index is 609. The molecule has 2 atom stereocenters. The highest BCUT2D eigenvalue weighted by Gasteiger charge is 2.41. The van der Waals surface area contributed by atoms with Gasteiger partial charge in [0.05, 0.1) is 6.04 Å². The molecule has 0 saturated carbocycles. The summed E-state index contributed by atoms with van der Waals surface area (Å²) < 4.78 is 42.6. The molecule has 0 unspecified atom stereocenters. The summed E-state index contributed by atoms with van der Waals surface area (Å²) in [5.74, 6) is -3.70. The molecule has 2 heterocycles. The lowest BCUT2D eigenvalue weighted by Gasteiger charge is -2.13. The fraction of sp³-hybridized carbons (Fsp3) is 0.429.